The van der Waals surface area contributed by atoms with Gasteiger partial charge in [-0.15, -0.1) is 5.10 Å². The van der Waals surface area contributed by atoms with E-state index in [1.807, 2.05) is 6.92 Å². The van der Waals surface area contributed by atoms with E-state index in [1.54, 1.807) is 29.9 Å². The first-order valence-corrected chi connectivity index (χ1v) is 5.83. The molecule has 0 spiro atoms. The number of nitrogens with zero attached hydrogens (tertiary/aromatic N) is 4. The van der Waals surface area contributed by atoms with Gasteiger partial charge in [0.15, 0.2) is 11.5 Å². The van der Waals surface area contributed by atoms with Crippen molar-refractivity contribution in [2.45, 2.75) is 6.92 Å². The summed E-state index contributed by atoms with van der Waals surface area (Å²) < 4.78 is 12.0. The second-order valence-corrected chi connectivity index (χ2v) is 4.14. The van der Waals surface area contributed by atoms with Gasteiger partial charge in [-0.3, -0.25) is 14.8 Å². The Kier molecular flexibility index (Phi) is 2.82. The molecule has 102 valence electrons. The van der Waals surface area contributed by atoms with Crippen molar-refractivity contribution in [1.82, 2.24) is 20.0 Å². The Morgan fingerprint density at radius 1 is 1.40 bits per heavy atom. The molecule has 0 aromatic carbocycles. The summed E-state index contributed by atoms with van der Waals surface area (Å²) in [5.41, 5.74) is 1.15. The number of aromatic nitrogens is 4. The highest BCUT2D eigenvalue weighted by molar-refractivity contribution is 6.01. The van der Waals surface area contributed by atoms with Crippen LogP contribution < -0.4 is 5.32 Å². The average Bonchev–Trinajstić information content (AvgIpc) is 3.11. The van der Waals surface area contributed by atoms with E-state index in [9.17, 15) is 4.79 Å². The first-order valence-electron chi connectivity index (χ1n) is 5.83. The summed E-state index contributed by atoms with van der Waals surface area (Å²) in [4.78, 5) is 11.9. The fraction of sp³-hybridized carbons (Fsp3) is 0.167. The van der Waals surface area contributed by atoms with Gasteiger partial charge in [0.25, 0.3) is 11.8 Å². The maximum absolute atomic E-state index is 11.9. The van der Waals surface area contributed by atoms with Crippen LogP contribution in [0.2, 0.25) is 0 Å². The third kappa shape index (κ3) is 2.18. The van der Waals surface area contributed by atoms with Crippen molar-refractivity contribution < 1.29 is 13.6 Å². The molecule has 1 amide bonds. The zero-order valence-electron chi connectivity index (χ0n) is 10.8. The third-order valence-electron chi connectivity index (χ3n) is 2.72. The molecule has 0 radical (unpaired) electrons. The number of nitrogens with one attached hydrogen (secondary N) is 1. The molecule has 20 heavy (non-hydrogen) atoms. The van der Waals surface area contributed by atoms with Crippen LogP contribution in [0.3, 0.4) is 0 Å². The Balaban J connectivity index is 1.76. The van der Waals surface area contributed by atoms with Crippen molar-refractivity contribution in [3.8, 4) is 11.7 Å². The van der Waals surface area contributed by atoms with Crippen molar-refractivity contribution in [3.63, 3.8) is 0 Å². The Morgan fingerprint density at radius 3 is 2.90 bits per heavy atom. The van der Waals surface area contributed by atoms with Crippen LogP contribution >= 0.6 is 0 Å². The molecule has 0 unspecified atom stereocenters. The second-order valence-electron chi connectivity index (χ2n) is 4.14. The Labute approximate surface area is 113 Å². The maximum atomic E-state index is 11.9. The van der Waals surface area contributed by atoms with Crippen molar-refractivity contribution >= 4 is 11.9 Å². The molecule has 3 rings (SSSR count). The molecule has 0 saturated heterocycles. The molecule has 0 fully saturated rings. The molecular formula is C12H11N5O3. The minimum absolute atomic E-state index is 0.00953. The number of amides is 1. The van der Waals surface area contributed by atoms with E-state index in [2.05, 4.69) is 20.6 Å². The minimum Gasteiger partial charge on any atom is -0.459 e. The molecule has 3 aromatic rings. The molecule has 0 aliphatic carbocycles. The number of hydrogen-bond acceptors (Lipinski definition) is 6. The molecule has 3 aromatic heterocycles. The Morgan fingerprint density at radius 2 is 2.25 bits per heavy atom. The van der Waals surface area contributed by atoms with Gasteiger partial charge in [-0.1, -0.05) is 5.10 Å². The number of carbonyl (C=O) groups is 1. The van der Waals surface area contributed by atoms with Gasteiger partial charge in [0, 0.05) is 12.7 Å². The molecule has 1 N–H and O–H groups in total. The van der Waals surface area contributed by atoms with E-state index in [0.717, 1.165) is 5.69 Å². The number of hydrogen-bond donors (Lipinski definition) is 1. The van der Waals surface area contributed by atoms with E-state index in [-0.39, 0.29) is 17.6 Å². The quantitative estimate of drug-likeness (QED) is 0.778. The van der Waals surface area contributed by atoms with Crippen LogP contribution in [0.5, 0.6) is 0 Å². The van der Waals surface area contributed by atoms with Crippen LogP contribution in [0.15, 0.2) is 33.3 Å². The van der Waals surface area contributed by atoms with Crippen LogP contribution in [-0.2, 0) is 7.05 Å². The summed E-state index contributed by atoms with van der Waals surface area (Å²) >= 11 is 0. The molecular weight excluding hydrogens is 262 g/mol. The van der Waals surface area contributed by atoms with Gasteiger partial charge in [0.05, 0.1) is 6.26 Å². The van der Waals surface area contributed by atoms with Crippen LogP contribution in [0.25, 0.3) is 11.7 Å². The lowest BCUT2D eigenvalue weighted by Gasteiger charge is -1.95. The van der Waals surface area contributed by atoms with E-state index < -0.39 is 5.91 Å². The summed E-state index contributed by atoms with van der Waals surface area (Å²) in [5.74, 6) is 0.220. The second kappa shape index (κ2) is 4.65. The maximum Gasteiger partial charge on any atom is 0.322 e. The monoisotopic (exact) mass is 273 g/mol. The van der Waals surface area contributed by atoms with E-state index in [4.69, 9.17) is 8.83 Å². The molecule has 0 saturated carbocycles. The van der Waals surface area contributed by atoms with Crippen molar-refractivity contribution in [2.75, 3.05) is 5.32 Å². The van der Waals surface area contributed by atoms with Crippen molar-refractivity contribution in [3.05, 3.63) is 35.9 Å². The van der Waals surface area contributed by atoms with Gasteiger partial charge < -0.3 is 8.83 Å². The molecule has 3 heterocycles. The summed E-state index contributed by atoms with van der Waals surface area (Å²) in [5, 5.41) is 14.0. The highest BCUT2D eigenvalue weighted by atomic mass is 16.4. The van der Waals surface area contributed by atoms with Gasteiger partial charge >= 0.3 is 6.01 Å². The lowest BCUT2D eigenvalue weighted by molar-refractivity contribution is 0.101. The van der Waals surface area contributed by atoms with Crippen molar-refractivity contribution in [1.29, 1.82) is 0 Å². The van der Waals surface area contributed by atoms with Crippen LogP contribution in [0, 0.1) is 6.92 Å². The zero-order chi connectivity index (χ0) is 14.1. The topological polar surface area (TPSA) is 99.0 Å². The van der Waals surface area contributed by atoms with E-state index >= 15 is 0 Å². The summed E-state index contributed by atoms with van der Waals surface area (Å²) in [6, 6.07) is 5.04. The zero-order valence-corrected chi connectivity index (χ0v) is 10.8. The summed E-state index contributed by atoms with van der Waals surface area (Å²) in [6.07, 6.45) is 1.49. The first kappa shape index (κ1) is 12.2. The number of anilines is 1. The lowest BCUT2D eigenvalue weighted by Crippen LogP contribution is -2.13. The summed E-state index contributed by atoms with van der Waals surface area (Å²) in [6.45, 7) is 1.85. The van der Waals surface area contributed by atoms with E-state index in [0.29, 0.717) is 5.76 Å². The van der Waals surface area contributed by atoms with Crippen molar-refractivity contribution in [2.24, 2.45) is 7.05 Å². The molecule has 0 aliphatic rings. The fourth-order valence-corrected chi connectivity index (χ4v) is 1.61. The standard InChI is InChI=1S/C12H11N5O3/c1-7-6-8(16-17(7)2)10(18)13-12-15-14-11(20-12)9-4-3-5-19-9/h3-6H,1-2H3,(H,13,15,18). The number of carbonyl (C=O) groups excluding carboxylic acids is 1. The van der Waals surface area contributed by atoms with E-state index in [1.165, 1.54) is 6.26 Å². The Bertz CT molecular complexity index is 722. The van der Waals surface area contributed by atoms with Gasteiger partial charge in [-0.25, -0.2) is 0 Å². The molecule has 8 nitrogen and oxygen atoms in total. The summed E-state index contributed by atoms with van der Waals surface area (Å²) in [7, 11) is 1.76. The smallest absolute Gasteiger partial charge is 0.322 e. The highest BCUT2D eigenvalue weighted by Gasteiger charge is 2.16. The number of aryl methyl sites for hydroxylation is 2. The van der Waals surface area contributed by atoms with Gasteiger partial charge in [0.1, 0.15) is 0 Å². The van der Waals surface area contributed by atoms with Gasteiger partial charge in [-0.2, -0.15) is 5.10 Å². The third-order valence-corrected chi connectivity index (χ3v) is 2.72. The predicted molar refractivity (Wildman–Crippen MR) is 67.9 cm³/mol. The molecule has 8 heteroatoms. The fourth-order valence-electron chi connectivity index (χ4n) is 1.61. The van der Waals surface area contributed by atoms with Crippen LogP contribution in [0.1, 0.15) is 16.2 Å². The number of furan rings is 1. The minimum atomic E-state index is -0.414. The molecule has 0 aliphatic heterocycles. The number of rotatable bonds is 3. The Hall–Kier alpha value is -2.90. The first-order chi connectivity index (χ1) is 9.63. The molecule has 0 bridgehead atoms. The largest absolute Gasteiger partial charge is 0.459 e. The van der Waals surface area contributed by atoms with Gasteiger partial charge in [-0.05, 0) is 25.1 Å². The van der Waals surface area contributed by atoms with Crippen LogP contribution in [0.4, 0.5) is 6.01 Å². The average molecular weight is 273 g/mol. The van der Waals surface area contributed by atoms with Gasteiger partial charge in [0.2, 0.25) is 0 Å². The predicted octanol–water partition coefficient (Wildman–Crippen LogP) is 1.62. The lowest BCUT2D eigenvalue weighted by atomic mass is 10.3. The molecule has 0 atom stereocenters. The van der Waals surface area contributed by atoms with Crippen LogP contribution in [-0.4, -0.2) is 25.9 Å². The normalized spacial score (nSPS) is 10.7. The highest BCUT2D eigenvalue weighted by Crippen LogP contribution is 2.20. The SMILES string of the molecule is Cc1cc(C(=O)Nc2nnc(-c3ccco3)o2)nn1C.